The van der Waals surface area contributed by atoms with Crippen molar-refractivity contribution in [1.82, 2.24) is 0 Å². The van der Waals surface area contributed by atoms with Gasteiger partial charge < -0.3 is 4.74 Å². The molecule has 0 aromatic carbocycles. The van der Waals surface area contributed by atoms with Crippen LogP contribution >= 0.6 is 0 Å². The van der Waals surface area contributed by atoms with Gasteiger partial charge in [0.05, 0.1) is 6.10 Å². The Labute approximate surface area is 70.9 Å². The van der Waals surface area contributed by atoms with Gasteiger partial charge in [-0.3, -0.25) is 0 Å². The zero-order chi connectivity index (χ0) is 8.27. The molecular formula is C9H17BO. The third-order valence-electron chi connectivity index (χ3n) is 2.50. The average Bonchev–Trinajstić information content (AvgIpc) is 2.35. The lowest BCUT2D eigenvalue weighted by atomic mass is 9.96. The number of rotatable bonds is 3. The summed E-state index contributed by atoms with van der Waals surface area (Å²) in [6, 6.07) is 0.0176. The molecule has 2 heteroatoms. The molecule has 1 saturated heterocycles. The lowest BCUT2D eigenvalue weighted by molar-refractivity contribution is 0.0710. The zero-order valence-electron chi connectivity index (χ0n) is 7.55. The summed E-state index contributed by atoms with van der Waals surface area (Å²) in [4.78, 5) is 0. The molecule has 2 radical (unpaired) electrons. The number of hydrogen-bond donors (Lipinski definition) is 0. The molecular weight excluding hydrogens is 135 g/mol. The van der Waals surface area contributed by atoms with Gasteiger partial charge in [0.25, 0.3) is 0 Å². The molecule has 1 nitrogen and oxygen atoms in total. The summed E-state index contributed by atoms with van der Waals surface area (Å²) in [7, 11) is 5.62. The molecule has 2 unspecified atom stereocenters. The van der Waals surface area contributed by atoms with Gasteiger partial charge in [0, 0.05) is 6.00 Å². The largest absolute Gasteiger partial charge is 0.385 e. The first-order chi connectivity index (χ1) is 5.22. The highest BCUT2D eigenvalue weighted by Gasteiger charge is 2.22. The van der Waals surface area contributed by atoms with Crippen molar-refractivity contribution in [3.8, 4) is 0 Å². The second kappa shape index (κ2) is 4.15. The first kappa shape index (κ1) is 9.12. The molecule has 62 valence electrons. The lowest BCUT2D eigenvalue weighted by Crippen LogP contribution is -2.13. The third kappa shape index (κ3) is 2.86. The van der Waals surface area contributed by atoms with Crippen molar-refractivity contribution < 1.29 is 4.74 Å². The summed E-state index contributed by atoms with van der Waals surface area (Å²) in [5.41, 5.74) is 0. The van der Waals surface area contributed by atoms with Crippen LogP contribution in [0.25, 0.3) is 0 Å². The first-order valence-electron chi connectivity index (χ1n) is 4.63. The molecule has 0 N–H and O–H groups in total. The van der Waals surface area contributed by atoms with Crippen LogP contribution in [0.15, 0.2) is 0 Å². The van der Waals surface area contributed by atoms with Crippen molar-refractivity contribution >= 4 is 7.85 Å². The van der Waals surface area contributed by atoms with Crippen LogP contribution in [-0.4, -0.2) is 20.0 Å². The molecule has 1 aliphatic rings. The van der Waals surface area contributed by atoms with Gasteiger partial charge in [-0.05, 0) is 25.2 Å². The van der Waals surface area contributed by atoms with Crippen LogP contribution in [0, 0.1) is 5.92 Å². The summed E-state index contributed by atoms with van der Waals surface area (Å²) in [6.45, 7) is 4.49. The molecule has 11 heavy (non-hydrogen) atoms. The van der Waals surface area contributed by atoms with Crippen molar-refractivity contribution in [3.63, 3.8) is 0 Å². The summed E-state index contributed by atoms with van der Waals surface area (Å²) < 4.78 is 5.51. The molecule has 1 heterocycles. The topological polar surface area (TPSA) is 9.23 Å². The quantitative estimate of drug-likeness (QED) is 0.562. The van der Waals surface area contributed by atoms with E-state index in [1.807, 2.05) is 0 Å². The smallest absolute Gasteiger partial charge is 0.109 e. The summed E-state index contributed by atoms with van der Waals surface area (Å²) in [5.74, 6) is 0.783. The maximum Gasteiger partial charge on any atom is 0.109 e. The van der Waals surface area contributed by atoms with Crippen LogP contribution in [0.3, 0.4) is 0 Å². The van der Waals surface area contributed by atoms with Crippen molar-refractivity contribution in [2.24, 2.45) is 5.92 Å². The van der Waals surface area contributed by atoms with E-state index in [1.165, 1.54) is 12.8 Å². The average molecular weight is 152 g/mol. The zero-order valence-corrected chi connectivity index (χ0v) is 7.55. The fraction of sp³-hybridized carbons (Fsp3) is 1.00. The standard InChI is InChI=1S/C9H17BO/c1-3-7(2)6-8-4-5-9(10)11-8/h7-9H,3-6H2,1-2H3/t7?,8?,9-/m1/s1. The van der Waals surface area contributed by atoms with Crippen LogP contribution in [0.5, 0.6) is 0 Å². The van der Waals surface area contributed by atoms with Crippen molar-refractivity contribution in [2.45, 2.75) is 51.6 Å². The molecule has 3 atom stereocenters. The minimum atomic E-state index is 0.0176. The highest BCUT2D eigenvalue weighted by molar-refractivity contribution is 6.11. The second-order valence-corrected chi connectivity index (χ2v) is 3.62. The van der Waals surface area contributed by atoms with E-state index < -0.39 is 0 Å². The Morgan fingerprint density at radius 3 is 2.73 bits per heavy atom. The lowest BCUT2D eigenvalue weighted by Gasteiger charge is -2.15. The predicted molar refractivity (Wildman–Crippen MR) is 47.7 cm³/mol. The predicted octanol–water partition coefficient (Wildman–Crippen LogP) is 2.10. The minimum Gasteiger partial charge on any atom is -0.385 e. The fourth-order valence-electron chi connectivity index (χ4n) is 1.52. The van der Waals surface area contributed by atoms with E-state index in [4.69, 9.17) is 12.6 Å². The maximum atomic E-state index is 5.62. The Morgan fingerprint density at radius 1 is 1.55 bits per heavy atom. The Bertz CT molecular complexity index is 116. The van der Waals surface area contributed by atoms with Gasteiger partial charge in [0.2, 0.25) is 0 Å². The van der Waals surface area contributed by atoms with E-state index in [9.17, 15) is 0 Å². The maximum absolute atomic E-state index is 5.62. The van der Waals surface area contributed by atoms with Crippen molar-refractivity contribution in [2.75, 3.05) is 0 Å². The van der Waals surface area contributed by atoms with Gasteiger partial charge in [0.1, 0.15) is 7.85 Å². The highest BCUT2D eigenvalue weighted by atomic mass is 16.5. The van der Waals surface area contributed by atoms with Crippen LogP contribution in [0.4, 0.5) is 0 Å². The van der Waals surface area contributed by atoms with E-state index in [0.29, 0.717) is 6.10 Å². The third-order valence-corrected chi connectivity index (χ3v) is 2.50. The number of ether oxygens (including phenoxy) is 1. The Morgan fingerprint density at radius 2 is 2.27 bits per heavy atom. The van der Waals surface area contributed by atoms with Gasteiger partial charge >= 0.3 is 0 Å². The van der Waals surface area contributed by atoms with Gasteiger partial charge in [-0.2, -0.15) is 0 Å². The molecule has 0 spiro atoms. The molecule has 0 saturated carbocycles. The van der Waals surface area contributed by atoms with E-state index in [2.05, 4.69) is 13.8 Å². The Balaban J connectivity index is 2.17. The highest BCUT2D eigenvalue weighted by Crippen LogP contribution is 2.24. The van der Waals surface area contributed by atoms with E-state index in [1.54, 1.807) is 0 Å². The second-order valence-electron chi connectivity index (χ2n) is 3.62. The van der Waals surface area contributed by atoms with Crippen molar-refractivity contribution in [3.05, 3.63) is 0 Å². The molecule has 1 rings (SSSR count). The summed E-state index contributed by atoms with van der Waals surface area (Å²) in [6.07, 6.45) is 5.08. The van der Waals surface area contributed by atoms with E-state index in [-0.39, 0.29) is 6.00 Å². The Hall–Kier alpha value is 0.0249. The molecule has 0 amide bonds. The molecule has 0 aliphatic carbocycles. The van der Waals surface area contributed by atoms with Crippen LogP contribution in [0.2, 0.25) is 0 Å². The molecule has 0 bridgehead atoms. The fourth-order valence-corrected chi connectivity index (χ4v) is 1.52. The van der Waals surface area contributed by atoms with Gasteiger partial charge in [-0.15, -0.1) is 0 Å². The van der Waals surface area contributed by atoms with Crippen LogP contribution in [0.1, 0.15) is 39.5 Å². The van der Waals surface area contributed by atoms with Crippen LogP contribution in [-0.2, 0) is 4.74 Å². The first-order valence-corrected chi connectivity index (χ1v) is 4.63. The van der Waals surface area contributed by atoms with Gasteiger partial charge in [-0.1, -0.05) is 20.3 Å². The SMILES string of the molecule is [B][C@H]1CCC(CC(C)CC)O1. The van der Waals surface area contributed by atoms with Crippen molar-refractivity contribution in [1.29, 1.82) is 0 Å². The number of hydrogen-bond acceptors (Lipinski definition) is 1. The van der Waals surface area contributed by atoms with Crippen LogP contribution < -0.4 is 0 Å². The summed E-state index contributed by atoms with van der Waals surface area (Å²) in [5, 5.41) is 0. The molecule has 0 aromatic heterocycles. The Kier molecular flexibility index (Phi) is 3.44. The minimum absolute atomic E-state index is 0.0176. The van der Waals surface area contributed by atoms with E-state index >= 15 is 0 Å². The molecule has 1 fully saturated rings. The normalized spacial score (nSPS) is 34.0. The summed E-state index contributed by atoms with van der Waals surface area (Å²) >= 11 is 0. The van der Waals surface area contributed by atoms with E-state index in [0.717, 1.165) is 18.8 Å². The molecule has 0 aromatic rings. The molecule has 1 aliphatic heterocycles. The van der Waals surface area contributed by atoms with Gasteiger partial charge in [0.15, 0.2) is 0 Å². The monoisotopic (exact) mass is 152 g/mol. The van der Waals surface area contributed by atoms with Gasteiger partial charge in [-0.25, -0.2) is 0 Å².